The van der Waals surface area contributed by atoms with Crippen molar-refractivity contribution in [3.63, 3.8) is 0 Å². The average Bonchev–Trinajstić information content (AvgIpc) is 3.56. The number of rotatable bonds is 7. The Morgan fingerprint density at radius 3 is 2.83 bits per heavy atom. The fourth-order valence-electron chi connectivity index (χ4n) is 5.62. The first-order valence-corrected chi connectivity index (χ1v) is 16.2. The number of aromatic nitrogens is 4. The number of carboxylic acids is 1. The minimum Gasteiger partial charge on any atom is -0.481 e. The van der Waals surface area contributed by atoms with Gasteiger partial charge in [-0.3, -0.25) is 13.9 Å². The molecule has 10 nitrogen and oxygen atoms in total. The third-order valence-corrected chi connectivity index (χ3v) is 10.9. The van der Waals surface area contributed by atoms with Crippen LogP contribution < -0.4 is 4.74 Å². The van der Waals surface area contributed by atoms with E-state index in [-0.39, 0.29) is 41.4 Å². The van der Waals surface area contributed by atoms with Gasteiger partial charge in [-0.25, -0.2) is 9.67 Å². The van der Waals surface area contributed by atoms with Gasteiger partial charge in [-0.1, -0.05) is 35.9 Å². The minimum absolute atomic E-state index is 0.121. The Hall–Kier alpha value is -3.26. The number of nitrogens with zero attached hydrogens (tertiary/aromatic N) is 5. The molecule has 42 heavy (non-hydrogen) atoms. The quantitative estimate of drug-likeness (QED) is 0.177. The number of benzene rings is 2. The van der Waals surface area contributed by atoms with E-state index in [9.17, 15) is 19.0 Å². The van der Waals surface area contributed by atoms with E-state index >= 15 is 0 Å². The van der Waals surface area contributed by atoms with Crippen LogP contribution in [0.2, 0.25) is 5.02 Å². The van der Waals surface area contributed by atoms with Crippen molar-refractivity contribution in [2.45, 2.75) is 50.2 Å². The summed E-state index contributed by atoms with van der Waals surface area (Å²) in [7, 11) is -1.69. The lowest BCUT2D eigenvalue weighted by Gasteiger charge is -2.41. The molecule has 0 unspecified atom stereocenters. The van der Waals surface area contributed by atoms with E-state index in [4.69, 9.17) is 16.3 Å². The van der Waals surface area contributed by atoms with Crippen molar-refractivity contribution in [1.82, 2.24) is 24.3 Å². The number of ether oxygens (including phenoxy) is 1. The second kappa shape index (κ2) is 11.1. The van der Waals surface area contributed by atoms with Crippen molar-refractivity contribution >= 4 is 60.8 Å². The van der Waals surface area contributed by atoms with E-state index in [0.717, 1.165) is 43.4 Å². The summed E-state index contributed by atoms with van der Waals surface area (Å²) < 4.78 is 33.6. The van der Waals surface area contributed by atoms with Gasteiger partial charge < -0.3 is 9.84 Å². The summed E-state index contributed by atoms with van der Waals surface area (Å²) in [5.41, 5.74) is 5.03. The first kappa shape index (κ1) is 28.8. The predicted octanol–water partition coefficient (Wildman–Crippen LogP) is 6.84. The van der Waals surface area contributed by atoms with Crippen molar-refractivity contribution in [3.05, 3.63) is 75.3 Å². The third kappa shape index (κ3) is 5.12. The molecule has 6 rings (SSSR count). The highest BCUT2D eigenvalue weighted by Crippen LogP contribution is 2.57. The van der Waals surface area contributed by atoms with Gasteiger partial charge in [0.05, 0.1) is 23.5 Å². The Bertz CT molecular complexity index is 1820. The number of carbonyl (C=O) groups is 1. The number of fused-ring (bicyclic) bond motifs is 3. The molecular formula is C29H30ClN5O5S2. The molecule has 2 atom stereocenters. The van der Waals surface area contributed by atoms with Crippen molar-refractivity contribution < 1.29 is 23.7 Å². The van der Waals surface area contributed by atoms with E-state index in [0.29, 0.717) is 6.42 Å². The molecule has 4 heterocycles. The maximum Gasteiger partial charge on any atom is 0.304 e. The standard InChI is InChI=1S/C29H30ClN5O5S2/c1-4-21-15-35(42(38,39)25-11-20(30)13-31-29(25)40-21)14-19-10-18(9-17-7-8-41-28(17)19)23(12-26(36)37)22-5-6-24-27(16(22)2)32-33-34(24)3/h5-11,13,21,23,38-39H,4,12,14-15H2,1-3H3,(H,36,37)/t21-,23-/m1/s1. The molecule has 2 aromatic carbocycles. The number of hydrogen-bond donors (Lipinski definition) is 3. The molecule has 1 aliphatic heterocycles. The molecule has 3 aromatic heterocycles. The Morgan fingerprint density at radius 2 is 2.07 bits per heavy atom. The van der Waals surface area contributed by atoms with Gasteiger partial charge in [-0.15, -0.1) is 27.2 Å². The smallest absolute Gasteiger partial charge is 0.304 e. The maximum atomic E-state index is 12.2. The van der Waals surface area contributed by atoms with Gasteiger partial charge in [0.2, 0.25) is 5.88 Å². The van der Waals surface area contributed by atoms with Gasteiger partial charge in [0.1, 0.15) is 16.5 Å². The van der Waals surface area contributed by atoms with E-state index in [1.807, 2.05) is 56.6 Å². The Morgan fingerprint density at radius 1 is 1.26 bits per heavy atom. The van der Waals surface area contributed by atoms with Gasteiger partial charge in [0, 0.05) is 30.4 Å². The molecule has 0 radical (unpaired) electrons. The monoisotopic (exact) mass is 627 g/mol. The summed E-state index contributed by atoms with van der Waals surface area (Å²) in [6.45, 7) is 4.37. The Kier molecular flexibility index (Phi) is 7.62. The lowest BCUT2D eigenvalue weighted by Crippen LogP contribution is -2.34. The molecule has 0 saturated carbocycles. The molecule has 1 aliphatic rings. The van der Waals surface area contributed by atoms with E-state index in [1.54, 1.807) is 20.3 Å². The van der Waals surface area contributed by atoms with Crippen molar-refractivity contribution in [3.8, 4) is 5.88 Å². The fourth-order valence-corrected chi connectivity index (χ4v) is 8.33. The lowest BCUT2D eigenvalue weighted by molar-refractivity contribution is -0.137. The molecule has 5 aromatic rings. The summed E-state index contributed by atoms with van der Waals surface area (Å²) in [6, 6.07) is 11.4. The number of carboxylic acid groups (broad SMARTS) is 1. The Labute approximate surface area is 253 Å². The van der Waals surface area contributed by atoms with Crippen LogP contribution in [0.5, 0.6) is 5.88 Å². The van der Waals surface area contributed by atoms with Crippen molar-refractivity contribution in [2.75, 3.05) is 6.54 Å². The molecular weight excluding hydrogens is 598 g/mol. The third-order valence-electron chi connectivity index (χ3n) is 7.81. The summed E-state index contributed by atoms with van der Waals surface area (Å²) >= 11 is 7.76. The fraction of sp³-hybridized carbons (Fsp3) is 0.310. The molecule has 0 fully saturated rings. The number of aryl methyl sites for hydroxylation is 2. The molecule has 0 saturated heterocycles. The molecule has 0 amide bonds. The zero-order valence-corrected chi connectivity index (χ0v) is 25.6. The van der Waals surface area contributed by atoms with Crippen LogP contribution in [0.4, 0.5) is 0 Å². The number of halogens is 1. The normalized spacial score (nSPS) is 18.4. The predicted molar refractivity (Wildman–Crippen MR) is 165 cm³/mol. The summed E-state index contributed by atoms with van der Waals surface area (Å²) in [5, 5.41) is 21.6. The molecule has 3 N–H and O–H groups in total. The minimum atomic E-state index is -3.51. The number of thiophene rings is 1. The van der Waals surface area contributed by atoms with Crippen LogP contribution in [0, 0.1) is 6.92 Å². The van der Waals surface area contributed by atoms with E-state index in [2.05, 4.69) is 15.3 Å². The van der Waals surface area contributed by atoms with E-state index in [1.165, 1.54) is 12.3 Å². The van der Waals surface area contributed by atoms with Crippen LogP contribution in [-0.4, -0.2) is 57.1 Å². The van der Waals surface area contributed by atoms with Gasteiger partial charge in [0.15, 0.2) is 0 Å². The summed E-state index contributed by atoms with van der Waals surface area (Å²) in [6.07, 6.45) is 1.62. The van der Waals surface area contributed by atoms with Crippen LogP contribution in [0.15, 0.2) is 52.9 Å². The molecule has 0 bridgehead atoms. The lowest BCUT2D eigenvalue weighted by atomic mass is 9.84. The van der Waals surface area contributed by atoms with Gasteiger partial charge in [-0.2, -0.15) is 4.31 Å². The summed E-state index contributed by atoms with van der Waals surface area (Å²) in [4.78, 5) is 16.6. The molecule has 13 heteroatoms. The van der Waals surface area contributed by atoms with Gasteiger partial charge in [-0.05, 0) is 70.6 Å². The topological polar surface area (TPSA) is 134 Å². The zero-order valence-electron chi connectivity index (χ0n) is 23.2. The van der Waals surface area contributed by atoms with E-state index < -0.39 is 22.7 Å². The Balaban J connectivity index is 1.46. The SMILES string of the molecule is CC[C@@H]1CN(Cc2cc([C@@H](CC(=O)O)c3ccc4c(nnn4C)c3C)cc3ccsc23)S(O)(O)c2cc(Cl)cnc2O1. The van der Waals surface area contributed by atoms with Crippen molar-refractivity contribution in [1.29, 1.82) is 0 Å². The molecule has 0 aliphatic carbocycles. The van der Waals surface area contributed by atoms with Crippen LogP contribution in [0.3, 0.4) is 0 Å². The zero-order chi connectivity index (χ0) is 29.8. The largest absolute Gasteiger partial charge is 0.481 e. The highest BCUT2D eigenvalue weighted by atomic mass is 35.5. The first-order chi connectivity index (χ1) is 20.1. The van der Waals surface area contributed by atoms with Gasteiger partial charge >= 0.3 is 5.97 Å². The van der Waals surface area contributed by atoms with Crippen LogP contribution in [-0.2, 0) is 18.4 Å². The number of aliphatic carboxylic acids is 1. The van der Waals surface area contributed by atoms with Crippen LogP contribution >= 0.6 is 33.7 Å². The summed E-state index contributed by atoms with van der Waals surface area (Å²) in [5.74, 6) is -1.21. The van der Waals surface area contributed by atoms with Crippen molar-refractivity contribution in [2.24, 2.45) is 7.05 Å². The van der Waals surface area contributed by atoms with Crippen LogP contribution in [0.1, 0.15) is 47.9 Å². The van der Waals surface area contributed by atoms with Gasteiger partial charge in [0.25, 0.3) is 0 Å². The number of pyridine rings is 1. The molecule has 220 valence electrons. The second-order valence-electron chi connectivity index (χ2n) is 10.5. The highest BCUT2D eigenvalue weighted by Gasteiger charge is 2.36. The van der Waals surface area contributed by atoms with Crippen LogP contribution in [0.25, 0.3) is 21.1 Å². The second-order valence-corrected chi connectivity index (χ2v) is 13.8. The number of hydrogen-bond acceptors (Lipinski definition) is 9. The maximum absolute atomic E-state index is 12.2. The molecule has 0 spiro atoms. The highest BCUT2D eigenvalue weighted by molar-refractivity contribution is 8.22. The first-order valence-electron chi connectivity index (χ1n) is 13.4. The average molecular weight is 628 g/mol.